The number of hydrogen-bond acceptors (Lipinski definition) is 2. The number of fused-ring (bicyclic) bond motifs is 1. The fraction of sp³-hybridized carbons (Fsp3) is 0.250. The quantitative estimate of drug-likeness (QED) is 0.688. The van der Waals surface area contributed by atoms with E-state index in [-0.39, 0.29) is 5.82 Å². The monoisotopic (exact) mass is 308 g/mol. The summed E-state index contributed by atoms with van der Waals surface area (Å²) in [6, 6.07) is 15.1. The van der Waals surface area contributed by atoms with Gasteiger partial charge in [0.2, 0.25) is 0 Å². The molecule has 0 saturated carbocycles. The maximum Gasteiger partial charge on any atom is 0.123 e. The van der Waals surface area contributed by atoms with E-state index < -0.39 is 0 Å². The Balaban J connectivity index is 1.88. The van der Waals surface area contributed by atoms with E-state index in [0.29, 0.717) is 0 Å². The Morgan fingerprint density at radius 1 is 1.00 bits per heavy atom. The van der Waals surface area contributed by atoms with Crippen LogP contribution >= 0.6 is 0 Å². The fourth-order valence-electron chi connectivity index (χ4n) is 2.76. The van der Waals surface area contributed by atoms with Crippen molar-refractivity contribution < 1.29 is 4.39 Å². The van der Waals surface area contributed by atoms with Crippen LogP contribution in [0.1, 0.15) is 12.0 Å². The van der Waals surface area contributed by atoms with E-state index in [1.807, 2.05) is 12.3 Å². The van der Waals surface area contributed by atoms with E-state index in [2.05, 4.69) is 48.2 Å². The molecule has 1 heterocycles. The second kappa shape index (κ2) is 6.88. The molecule has 0 N–H and O–H groups in total. The van der Waals surface area contributed by atoms with E-state index in [4.69, 9.17) is 0 Å². The van der Waals surface area contributed by atoms with Crippen molar-refractivity contribution in [3.05, 3.63) is 66.1 Å². The summed E-state index contributed by atoms with van der Waals surface area (Å²) in [6.07, 6.45) is 4.00. The Morgan fingerprint density at radius 3 is 2.65 bits per heavy atom. The first-order chi connectivity index (χ1) is 11.1. The maximum atomic E-state index is 13.4. The first-order valence-corrected chi connectivity index (χ1v) is 7.91. The van der Waals surface area contributed by atoms with Crippen LogP contribution in [0.15, 0.2) is 54.7 Å². The first-order valence-electron chi connectivity index (χ1n) is 7.91. The summed E-state index contributed by atoms with van der Waals surface area (Å²) < 4.78 is 13.4. The summed E-state index contributed by atoms with van der Waals surface area (Å²) in [4.78, 5) is 6.71. The Kier molecular flexibility index (Phi) is 4.68. The summed E-state index contributed by atoms with van der Waals surface area (Å²) in [6.45, 7) is 1.08. The smallest absolute Gasteiger partial charge is 0.123 e. The van der Waals surface area contributed by atoms with Crippen LogP contribution in [0.25, 0.3) is 22.0 Å². The standard InChI is InChI=1S/C20H21FN2/c1-23(2)10-4-5-15-8-9-20-17(11-15)12-18(14-22-20)16-6-3-7-19(21)13-16/h3,6-9,11-14H,4-5,10H2,1-2H3. The maximum absolute atomic E-state index is 13.4. The minimum Gasteiger partial charge on any atom is -0.309 e. The molecule has 0 aliphatic carbocycles. The van der Waals surface area contributed by atoms with Gasteiger partial charge in [-0.2, -0.15) is 0 Å². The zero-order valence-corrected chi connectivity index (χ0v) is 13.6. The molecule has 0 amide bonds. The predicted octanol–water partition coefficient (Wildman–Crippen LogP) is 4.54. The van der Waals surface area contributed by atoms with E-state index in [1.54, 1.807) is 12.1 Å². The van der Waals surface area contributed by atoms with Crippen LogP contribution in [0.4, 0.5) is 4.39 Å². The van der Waals surface area contributed by atoms with Crippen molar-refractivity contribution >= 4 is 10.9 Å². The van der Waals surface area contributed by atoms with Gasteiger partial charge in [0.1, 0.15) is 5.82 Å². The molecule has 3 rings (SSSR count). The molecule has 0 aliphatic heterocycles. The Morgan fingerprint density at radius 2 is 1.87 bits per heavy atom. The predicted molar refractivity (Wildman–Crippen MR) is 94.0 cm³/mol. The Labute approximate surface area is 136 Å². The molecule has 0 spiro atoms. The molecule has 2 nitrogen and oxygen atoms in total. The van der Waals surface area contributed by atoms with Gasteiger partial charge in [-0.15, -0.1) is 0 Å². The van der Waals surface area contributed by atoms with E-state index >= 15 is 0 Å². The average Bonchev–Trinajstić information content (AvgIpc) is 2.54. The molecule has 0 atom stereocenters. The third kappa shape index (κ3) is 3.93. The molecule has 0 bridgehead atoms. The van der Waals surface area contributed by atoms with Gasteiger partial charge in [0, 0.05) is 17.1 Å². The van der Waals surface area contributed by atoms with Crippen molar-refractivity contribution in [2.75, 3.05) is 20.6 Å². The van der Waals surface area contributed by atoms with Gasteiger partial charge in [-0.3, -0.25) is 4.98 Å². The van der Waals surface area contributed by atoms with Crippen molar-refractivity contribution in [1.82, 2.24) is 9.88 Å². The lowest BCUT2D eigenvalue weighted by molar-refractivity contribution is 0.400. The van der Waals surface area contributed by atoms with Crippen molar-refractivity contribution in [1.29, 1.82) is 0 Å². The van der Waals surface area contributed by atoms with Gasteiger partial charge in [-0.1, -0.05) is 18.2 Å². The highest BCUT2D eigenvalue weighted by Gasteiger charge is 2.04. The number of aromatic nitrogens is 1. The number of halogens is 1. The van der Waals surface area contributed by atoms with Crippen LogP contribution in [-0.4, -0.2) is 30.5 Å². The van der Waals surface area contributed by atoms with Crippen molar-refractivity contribution in [2.24, 2.45) is 0 Å². The molecule has 3 aromatic rings. The molecule has 0 fully saturated rings. The number of benzene rings is 2. The van der Waals surface area contributed by atoms with Gasteiger partial charge in [0.15, 0.2) is 0 Å². The minimum atomic E-state index is -0.222. The van der Waals surface area contributed by atoms with Crippen LogP contribution in [0.2, 0.25) is 0 Å². The number of hydrogen-bond donors (Lipinski definition) is 0. The molecular formula is C20H21FN2. The van der Waals surface area contributed by atoms with Crippen LogP contribution < -0.4 is 0 Å². The summed E-state index contributed by atoms with van der Waals surface area (Å²) >= 11 is 0. The molecule has 118 valence electrons. The second-order valence-corrected chi connectivity index (χ2v) is 6.17. The first kappa shape index (κ1) is 15.6. The van der Waals surface area contributed by atoms with Crippen molar-refractivity contribution in [3.8, 4) is 11.1 Å². The van der Waals surface area contributed by atoms with Crippen LogP contribution in [0.3, 0.4) is 0 Å². The molecular weight excluding hydrogens is 287 g/mol. The molecule has 0 radical (unpaired) electrons. The lowest BCUT2D eigenvalue weighted by atomic mass is 10.0. The zero-order valence-electron chi connectivity index (χ0n) is 13.6. The van der Waals surface area contributed by atoms with Crippen LogP contribution in [0, 0.1) is 5.82 Å². The lowest BCUT2D eigenvalue weighted by Gasteiger charge is -2.09. The van der Waals surface area contributed by atoms with E-state index in [0.717, 1.165) is 41.4 Å². The van der Waals surface area contributed by atoms with Crippen LogP contribution in [0.5, 0.6) is 0 Å². The van der Waals surface area contributed by atoms with Gasteiger partial charge < -0.3 is 4.90 Å². The summed E-state index contributed by atoms with van der Waals surface area (Å²) in [5, 5.41) is 1.11. The fourth-order valence-corrected chi connectivity index (χ4v) is 2.76. The second-order valence-electron chi connectivity index (χ2n) is 6.17. The highest BCUT2D eigenvalue weighted by molar-refractivity contribution is 5.84. The zero-order chi connectivity index (χ0) is 16.2. The molecule has 2 aromatic carbocycles. The SMILES string of the molecule is CN(C)CCCc1ccc2ncc(-c3cccc(F)c3)cc2c1. The normalized spacial score (nSPS) is 11.3. The summed E-state index contributed by atoms with van der Waals surface area (Å²) in [7, 11) is 4.19. The van der Waals surface area contributed by atoms with Gasteiger partial charge in [-0.05, 0) is 74.9 Å². The van der Waals surface area contributed by atoms with E-state index in [9.17, 15) is 4.39 Å². The minimum absolute atomic E-state index is 0.222. The van der Waals surface area contributed by atoms with Gasteiger partial charge >= 0.3 is 0 Å². The largest absolute Gasteiger partial charge is 0.309 e. The lowest BCUT2D eigenvalue weighted by Crippen LogP contribution is -2.13. The number of aryl methyl sites for hydroxylation is 1. The van der Waals surface area contributed by atoms with Crippen molar-refractivity contribution in [3.63, 3.8) is 0 Å². The van der Waals surface area contributed by atoms with Gasteiger partial charge in [0.05, 0.1) is 5.52 Å². The molecule has 0 saturated heterocycles. The summed E-state index contributed by atoms with van der Waals surface area (Å²) in [5.41, 5.74) is 4.10. The number of rotatable bonds is 5. The topological polar surface area (TPSA) is 16.1 Å². The Bertz CT molecular complexity index is 812. The van der Waals surface area contributed by atoms with Crippen molar-refractivity contribution in [2.45, 2.75) is 12.8 Å². The summed E-state index contributed by atoms with van der Waals surface area (Å²) in [5.74, 6) is -0.222. The van der Waals surface area contributed by atoms with E-state index in [1.165, 1.54) is 11.6 Å². The molecule has 0 unspecified atom stereocenters. The number of pyridine rings is 1. The molecule has 0 aliphatic rings. The highest BCUT2D eigenvalue weighted by atomic mass is 19.1. The number of nitrogens with zero attached hydrogens (tertiary/aromatic N) is 2. The third-order valence-electron chi connectivity index (χ3n) is 3.97. The Hall–Kier alpha value is -2.26. The van der Waals surface area contributed by atoms with Gasteiger partial charge in [-0.25, -0.2) is 4.39 Å². The molecule has 3 heteroatoms. The average molecular weight is 308 g/mol. The third-order valence-corrected chi connectivity index (χ3v) is 3.97. The van der Waals surface area contributed by atoms with Gasteiger partial charge in [0.25, 0.3) is 0 Å². The highest BCUT2D eigenvalue weighted by Crippen LogP contribution is 2.24. The molecule has 1 aromatic heterocycles. The van der Waals surface area contributed by atoms with Crippen LogP contribution in [-0.2, 0) is 6.42 Å². The molecule has 23 heavy (non-hydrogen) atoms.